The summed E-state index contributed by atoms with van der Waals surface area (Å²) in [5, 5.41) is 28.8. The van der Waals surface area contributed by atoms with Crippen LogP contribution in [0.5, 0.6) is 0 Å². The minimum absolute atomic E-state index is 0.0173. The van der Waals surface area contributed by atoms with Gasteiger partial charge in [0.05, 0.1) is 36.2 Å². The highest BCUT2D eigenvalue weighted by Gasteiger charge is 2.68. The van der Waals surface area contributed by atoms with Gasteiger partial charge in [0.25, 0.3) is 0 Å². The molecular weight excluding hydrogens is 668 g/mol. The van der Waals surface area contributed by atoms with Gasteiger partial charge in [-0.1, -0.05) is 59.7 Å². The van der Waals surface area contributed by atoms with Crippen molar-refractivity contribution in [1.82, 2.24) is 9.80 Å². The number of carbonyl (C=O) groups excluding carboxylic acids is 2. The highest BCUT2D eigenvalue weighted by molar-refractivity contribution is 5.94. The summed E-state index contributed by atoms with van der Waals surface area (Å²) in [7, 11) is 2.92. The lowest BCUT2D eigenvalue weighted by Gasteiger charge is -2.55. The maximum atomic E-state index is 13.6. The molecule has 0 radical (unpaired) electrons. The van der Waals surface area contributed by atoms with E-state index in [0.717, 1.165) is 68.2 Å². The predicted molar refractivity (Wildman–Crippen MR) is 200 cm³/mol. The van der Waals surface area contributed by atoms with Crippen molar-refractivity contribution < 1.29 is 29.3 Å². The van der Waals surface area contributed by atoms with E-state index in [9.17, 15) is 19.8 Å². The standard InChI is InChI=1S/C43H48N4O6/c1-52-36(50)28-22-40(13-17-48)20-26(24-46-15-11-42(38(40)46)30-7-3-5-9-32(30)44-34(28)42)19-27-21-41(14-18-49)23-29(37(51)53-2)35-43(12-16-47(25-27)39(41)43)31-8-4-6-10-33(31)45-35/h3-10,20-21,38-39,44-45,48-49H,11-19,22-25H2,1-2H3. The highest BCUT2D eigenvalue weighted by Crippen LogP contribution is 2.67. The van der Waals surface area contributed by atoms with Gasteiger partial charge in [0, 0.05) is 85.1 Å². The third-order valence-electron chi connectivity index (χ3n) is 14.4. The summed E-state index contributed by atoms with van der Waals surface area (Å²) in [6, 6.07) is 17.1. The van der Waals surface area contributed by atoms with E-state index in [1.54, 1.807) is 0 Å². The number of hydrogen-bond donors (Lipinski definition) is 4. The summed E-state index contributed by atoms with van der Waals surface area (Å²) in [6.07, 6.45) is 9.47. The monoisotopic (exact) mass is 716 g/mol. The second-order valence-corrected chi connectivity index (χ2v) is 16.8. The maximum Gasteiger partial charge on any atom is 0.335 e. The summed E-state index contributed by atoms with van der Waals surface area (Å²) in [5.41, 5.74) is 8.77. The van der Waals surface area contributed by atoms with Gasteiger partial charge in [-0.3, -0.25) is 9.80 Å². The Morgan fingerprint density at radius 1 is 0.717 bits per heavy atom. The van der Waals surface area contributed by atoms with E-state index >= 15 is 0 Å². The molecule has 2 aromatic carbocycles. The van der Waals surface area contributed by atoms with Crippen molar-refractivity contribution in [2.24, 2.45) is 10.8 Å². The number of para-hydroxylation sites is 2. The van der Waals surface area contributed by atoms with Crippen LogP contribution in [0.2, 0.25) is 0 Å². The number of methoxy groups -OCH3 is 2. The van der Waals surface area contributed by atoms with Gasteiger partial charge in [0.15, 0.2) is 0 Å². The Kier molecular flexibility index (Phi) is 7.33. The zero-order valence-electron chi connectivity index (χ0n) is 30.5. The molecule has 4 N–H and O–H groups in total. The van der Waals surface area contributed by atoms with Gasteiger partial charge in [-0.2, -0.15) is 0 Å². The number of hydrogen-bond acceptors (Lipinski definition) is 10. The lowest BCUT2D eigenvalue weighted by molar-refractivity contribution is -0.138. The molecule has 2 fully saturated rings. The second kappa shape index (κ2) is 11.6. The molecule has 2 aliphatic carbocycles. The fraction of sp³-hybridized carbons (Fsp3) is 0.488. The Morgan fingerprint density at radius 3 is 1.57 bits per heavy atom. The predicted octanol–water partition coefficient (Wildman–Crippen LogP) is 4.53. The van der Waals surface area contributed by atoms with Gasteiger partial charge >= 0.3 is 11.9 Å². The first-order valence-corrected chi connectivity index (χ1v) is 19.3. The number of fused-ring (bicyclic) bond motifs is 2. The fourth-order valence-electron chi connectivity index (χ4n) is 13.2. The van der Waals surface area contributed by atoms with E-state index in [1.165, 1.54) is 36.5 Å². The topological polar surface area (TPSA) is 124 Å². The van der Waals surface area contributed by atoms with E-state index < -0.39 is 10.8 Å². The van der Waals surface area contributed by atoms with Crippen molar-refractivity contribution in [2.45, 2.75) is 67.9 Å². The molecule has 2 saturated heterocycles. The van der Waals surface area contributed by atoms with E-state index in [0.29, 0.717) is 36.8 Å². The molecule has 2 aromatic rings. The number of aliphatic hydroxyl groups is 2. The molecule has 10 heteroatoms. The van der Waals surface area contributed by atoms with Gasteiger partial charge in [-0.15, -0.1) is 0 Å². The van der Waals surface area contributed by atoms with Crippen molar-refractivity contribution >= 4 is 23.3 Å². The number of nitrogens with zero attached hydrogens (tertiary/aromatic N) is 2. The molecule has 0 saturated carbocycles. The first kappa shape index (κ1) is 33.4. The lowest BCUT2D eigenvalue weighted by atomic mass is 9.54. The zero-order valence-corrected chi connectivity index (χ0v) is 30.5. The Bertz CT molecular complexity index is 1940. The number of esters is 2. The number of carbonyl (C=O) groups is 2. The molecule has 53 heavy (non-hydrogen) atoms. The molecule has 6 heterocycles. The second-order valence-electron chi connectivity index (χ2n) is 16.8. The van der Waals surface area contributed by atoms with Crippen LogP contribution in [-0.4, -0.2) is 97.6 Å². The average molecular weight is 717 g/mol. The number of nitrogens with one attached hydrogen (secondary N) is 2. The summed E-state index contributed by atoms with van der Waals surface area (Å²) in [5.74, 6) is -0.614. The molecule has 276 valence electrons. The smallest absolute Gasteiger partial charge is 0.335 e. The highest BCUT2D eigenvalue weighted by atomic mass is 16.5. The third-order valence-corrected chi connectivity index (χ3v) is 14.4. The Morgan fingerprint density at radius 2 is 1.15 bits per heavy atom. The van der Waals surface area contributed by atoms with Crippen molar-refractivity contribution in [2.75, 3.05) is 64.2 Å². The number of aliphatic hydroxyl groups excluding tert-OH is 2. The quantitative estimate of drug-likeness (QED) is 0.229. The first-order chi connectivity index (χ1) is 25.8. The van der Waals surface area contributed by atoms with E-state index in [-0.39, 0.29) is 48.1 Å². The summed E-state index contributed by atoms with van der Waals surface area (Å²) < 4.78 is 10.9. The van der Waals surface area contributed by atoms with Crippen LogP contribution in [0.15, 0.2) is 94.4 Å². The number of anilines is 2. The van der Waals surface area contributed by atoms with Crippen molar-refractivity contribution in [3.8, 4) is 0 Å². The minimum Gasteiger partial charge on any atom is -0.466 e. The van der Waals surface area contributed by atoms with Gasteiger partial charge < -0.3 is 30.3 Å². The summed E-state index contributed by atoms with van der Waals surface area (Å²) >= 11 is 0. The van der Waals surface area contributed by atoms with Crippen molar-refractivity contribution in [3.05, 3.63) is 105 Å². The van der Waals surface area contributed by atoms with Crippen LogP contribution < -0.4 is 10.6 Å². The zero-order chi connectivity index (χ0) is 36.3. The Labute approximate surface area is 310 Å². The molecule has 10 rings (SSSR count). The van der Waals surface area contributed by atoms with Crippen LogP contribution in [0.4, 0.5) is 11.4 Å². The van der Waals surface area contributed by atoms with E-state index in [2.05, 4.69) is 69.0 Å². The van der Waals surface area contributed by atoms with E-state index in [1.807, 2.05) is 12.1 Å². The molecule has 0 amide bonds. The fourth-order valence-corrected chi connectivity index (χ4v) is 13.2. The molecule has 6 aliphatic heterocycles. The molecule has 10 nitrogen and oxygen atoms in total. The molecular formula is C43H48N4O6. The number of ether oxygens (including phenoxy) is 2. The van der Waals surface area contributed by atoms with Gasteiger partial charge in [-0.05, 0) is 68.2 Å². The van der Waals surface area contributed by atoms with Crippen LogP contribution in [0.25, 0.3) is 0 Å². The van der Waals surface area contributed by atoms with Gasteiger partial charge in [-0.25, -0.2) is 9.59 Å². The van der Waals surface area contributed by atoms with Crippen molar-refractivity contribution in [3.63, 3.8) is 0 Å². The average Bonchev–Trinajstić information content (AvgIpc) is 3.93. The summed E-state index contributed by atoms with van der Waals surface area (Å²) in [4.78, 5) is 32.5. The van der Waals surface area contributed by atoms with Crippen molar-refractivity contribution in [1.29, 1.82) is 0 Å². The Balaban J connectivity index is 1.08. The largest absolute Gasteiger partial charge is 0.466 e. The third kappa shape index (κ3) is 4.23. The molecule has 6 unspecified atom stereocenters. The van der Waals surface area contributed by atoms with Gasteiger partial charge in [0.2, 0.25) is 0 Å². The van der Waals surface area contributed by atoms with Crippen LogP contribution in [0.1, 0.15) is 56.1 Å². The van der Waals surface area contributed by atoms with Crippen LogP contribution in [0, 0.1) is 10.8 Å². The lowest BCUT2D eigenvalue weighted by Crippen LogP contribution is -2.60. The van der Waals surface area contributed by atoms with Crippen LogP contribution in [0.3, 0.4) is 0 Å². The molecule has 2 spiro atoms. The van der Waals surface area contributed by atoms with Crippen LogP contribution in [-0.2, 0) is 29.9 Å². The molecule has 8 aliphatic rings. The maximum absolute atomic E-state index is 13.6. The SMILES string of the molecule is COC(=O)C1=C2Nc3ccccc3C23CCN2CC(CC4=CC5(CCO)CC(C(=O)OC)=C6Nc7ccccc7C67CCN(C4)C57)=CC(CCO)(C1)C23. The molecule has 0 aromatic heterocycles. The Hall–Kier alpha value is -4.22. The normalized spacial score (nSPS) is 34.5. The molecule has 0 bridgehead atoms. The summed E-state index contributed by atoms with van der Waals surface area (Å²) in [6.45, 7) is 3.43. The first-order valence-electron chi connectivity index (χ1n) is 19.3. The minimum atomic E-state index is -0.469. The number of rotatable bonds is 8. The van der Waals surface area contributed by atoms with E-state index in [4.69, 9.17) is 9.47 Å². The number of benzene rings is 2. The molecule has 6 atom stereocenters. The van der Waals surface area contributed by atoms with Gasteiger partial charge in [0.1, 0.15) is 0 Å². The van der Waals surface area contributed by atoms with Crippen LogP contribution >= 0.6 is 0 Å².